The number of amides is 2. The van der Waals surface area contributed by atoms with Gasteiger partial charge >= 0.3 is 0 Å². The van der Waals surface area contributed by atoms with Crippen LogP contribution in [0.3, 0.4) is 0 Å². The van der Waals surface area contributed by atoms with E-state index < -0.39 is 5.41 Å². The van der Waals surface area contributed by atoms with E-state index in [-0.39, 0.29) is 24.7 Å². The summed E-state index contributed by atoms with van der Waals surface area (Å²) in [5, 5.41) is 1.84. The van der Waals surface area contributed by atoms with Crippen LogP contribution in [0.4, 0.5) is 10.1 Å². The average molecular weight is 659 g/mol. The molecular formula is C37H48FN6O2P. The summed E-state index contributed by atoms with van der Waals surface area (Å²) in [4.78, 5) is 43.3. The lowest BCUT2D eigenvalue weighted by molar-refractivity contribution is -0.131. The predicted octanol–water partition coefficient (Wildman–Crippen LogP) is 7.27. The Kier molecular flexibility index (Phi) is 12.8. The number of carbonyl (C=O) groups excluding carboxylic acids is 2. The Morgan fingerprint density at radius 2 is 1.85 bits per heavy atom. The molecule has 1 saturated heterocycles. The molecule has 1 N–H and O–H groups in total. The minimum atomic E-state index is -1.44. The van der Waals surface area contributed by atoms with Crippen molar-refractivity contribution < 1.29 is 14.0 Å². The van der Waals surface area contributed by atoms with Gasteiger partial charge in [0.1, 0.15) is 5.41 Å². The van der Waals surface area contributed by atoms with Gasteiger partial charge in [0.15, 0.2) is 0 Å². The van der Waals surface area contributed by atoms with E-state index in [4.69, 9.17) is 4.99 Å². The number of anilines is 1. The van der Waals surface area contributed by atoms with Crippen molar-refractivity contribution in [3.8, 4) is 0 Å². The SMILES string of the molecule is C/C=C\C=C(\C1=CCN(C(=O)CCC(C)(F)P)CC1)C(C)=NC(=NC)Nc1ccc(C(=O)N2CCC(c3ccc(C)cn3)CC2)cc1. The third-order valence-electron chi connectivity index (χ3n) is 8.59. The lowest BCUT2D eigenvalue weighted by Crippen LogP contribution is -2.38. The molecule has 0 radical (unpaired) electrons. The summed E-state index contributed by atoms with van der Waals surface area (Å²) in [7, 11) is 3.84. The highest BCUT2D eigenvalue weighted by Crippen LogP contribution is 2.29. The van der Waals surface area contributed by atoms with Crippen molar-refractivity contribution in [2.75, 3.05) is 38.5 Å². The predicted molar refractivity (Wildman–Crippen MR) is 194 cm³/mol. The molecule has 47 heavy (non-hydrogen) atoms. The Bertz CT molecular complexity index is 1550. The Morgan fingerprint density at radius 1 is 1.13 bits per heavy atom. The lowest BCUT2D eigenvalue weighted by atomic mass is 9.92. The molecule has 2 aliphatic heterocycles. The number of pyridine rings is 1. The molecule has 250 valence electrons. The van der Waals surface area contributed by atoms with Crippen molar-refractivity contribution in [1.82, 2.24) is 14.8 Å². The third-order valence-corrected chi connectivity index (χ3v) is 8.88. The number of allylic oxidation sites excluding steroid dienone is 4. The maximum absolute atomic E-state index is 13.9. The number of guanidine groups is 1. The third kappa shape index (κ3) is 10.5. The maximum Gasteiger partial charge on any atom is 0.253 e. The highest BCUT2D eigenvalue weighted by molar-refractivity contribution is 7.18. The van der Waals surface area contributed by atoms with Gasteiger partial charge < -0.3 is 15.1 Å². The number of nitrogens with one attached hydrogen (secondary N) is 1. The van der Waals surface area contributed by atoms with E-state index in [0.29, 0.717) is 50.0 Å². The molecular weight excluding hydrogens is 610 g/mol. The van der Waals surface area contributed by atoms with Crippen molar-refractivity contribution in [2.24, 2.45) is 9.98 Å². The number of nitrogens with zero attached hydrogens (tertiary/aromatic N) is 5. The second-order valence-corrected chi connectivity index (χ2v) is 13.7. The topological polar surface area (TPSA) is 90.3 Å². The fourth-order valence-electron chi connectivity index (χ4n) is 5.76. The molecule has 2 amide bonds. The van der Waals surface area contributed by atoms with Gasteiger partial charge in [0, 0.05) is 74.4 Å². The molecule has 2 aliphatic rings. The van der Waals surface area contributed by atoms with E-state index in [2.05, 4.69) is 42.7 Å². The molecule has 1 aromatic heterocycles. The van der Waals surface area contributed by atoms with Gasteiger partial charge in [-0.1, -0.05) is 39.6 Å². The number of hydrogen-bond acceptors (Lipinski definition) is 4. The molecule has 8 nitrogen and oxygen atoms in total. The molecule has 0 saturated carbocycles. The average Bonchev–Trinajstić information content (AvgIpc) is 3.07. The quantitative estimate of drug-likeness (QED) is 0.133. The molecule has 1 fully saturated rings. The van der Waals surface area contributed by atoms with E-state index in [1.54, 1.807) is 11.9 Å². The van der Waals surface area contributed by atoms with E-state index >= 15 is 0 Å². The normalized spacial score (nSPS) is 18.3. The lowest BCUT2D eigenvalue weighted by Gasteiger charge is -2.32. The van der Waals surface area contributed by atoms with Gasteiger partial charge in [-0.3, -0.25) is 19.6 Å². The number of piperidine rings is 1. The number of aliphatic imine (C=N–C) groups is 2. The van der Waals surface area contributed by atoms with Gasteiger partial charge in [0.2, 0.25) is 11.9 Å². The van der Waals surface area contributed by atoms with Crippen LogP contribution >= 0.6 is 9.24 Å². The van der Waals surface area contributed by atoms with E-state index in [0.717, 1.165) is 46.6 Å². The fraction of sp³-hybridized carbons (Fsp3) is 0.432. The van der Waals surface area contributed by atoms with Crippen LogP contribution in [0.25, 0.3) is 0 Å². The zero-order valence-corrected chi connectivity index (χ0v) is 29.5. The summed E-state index contributed by atoms with van der Waals surface area (Å²) in [6.07, 6.45) is 12.8. The summed E-state index contributed by atoms with van der Waals surface area (Å²) >= 11 is 0. The van der Waals surface area contributed by atoms with Crippen molar-refractivity contribution in [3.63, 3.8) is 0 Å². The Labute approximate surface area is 281 Å². The zero-order chi connectivity index (χ0) is 34.0. The summed E-state index contributed by atoms with van der Waals surface area (Å²) in [5.41, 5.74) is 6.56. The second kappa shape index (κ2) is 16.7. The highest BCUT2D eigenvalue weighted by atomic mass is 31.0. The van der Waals surface area contributed by atoms with Crippen LogP contribution in [0, 0.1) is 6.92 Å². The zero-order valence-electron chi connectivity index (χ0n) is 28.3. The van der Waals surface area contributed by atoms with Crippen molar-refractivity contribution in [2.45, 2.75) is 71.1 Å². The van der Waals surface area contributed by atoms with Crippen LogP contribution in [0.1, 0.15) is 80.4 Å². The minimum absolute atomic E-state index is 0.0337. The molecule has 0 aliphatic carbocycles. The van der Waals surface area contributed by atoms with E-state index in [1.165, 1.54) is 6.92 Å². The largest absolute Gasteiger partial charge is 0.339 e. The van der Waals surface area contributed by atoms with Crippen LogP contribution < -0.4 is 5.32 Å². The molecule has 4 rings (SSSR count). The first kappa shape index (κ1) is 35.9. The van der Waals surface area contributed by atoms with Crippen LogP contribution in [0.2, 0.25) is 0 Å². The summed E-state index contributed by atoms with van der Waals surface area (Å²) in [6, 6.07) is 11.6. The first-order valence-electron chi connectivity index (χ1n) is 16.4. The molecule has 0 bridgehead atoms. The number of hydrogen-bond donors (Lipinski definition) is 1. The van der Waals surface area contributed by atoms with Gasteiger partial charge in [-0.15, -0.1) is 0 Å². The molecule has 2 unspecified atom stereocenters. The number of benzene rings is 1. The number of aromatic nitrogens is 1. The molecule has 10 heteroatoms. The smallest absolute Gasteiger partial charge is 0.253 e. The number of carbonyl (C=O) groups is 2. The van der Waals surface area contributed by atoms with Crippen LogP contribution in [-0.2, 0) is 4.79 Å². The molecule has 2 atom stereocenters. The fourth-order valence-corrected chi connectivity index (χ4v) is 5.91. The van der Waals surface area contributed by atoms with Crippen LogP contribution in [0.15, 0.2) is 88.0 Å². The number of alkyl halides is 1. The Morgan fingerprint density at radius 3 is 2.43 bits per heavy atom. The molecule has 2 aromatic rings. The standard InChI is InChI=1S/C37H48FN6O2P/c1-6-7-8-32(28-16-21-43(22-17-28)34(45)15-20-37(4,38)47)27(3)41-36(39-5)42-31-12-10-30(11-13-31)35(46)44-23-18-29(19-24-44)33-14-9-26(2)25-40-33/h6-14,16,25,29H,15,17-24,47H2,1-5H3,(H,39,42)/b7-6-,32-8+,41-27?. The summed E-state index contributed by atoms with van der Waals surface area (Å²) in [6.45, 7) is 9.89. The molecule has 3 heterocycles. The first-order valence-corrected chi connectivity index (χ1v) is 16.9. The van der Waals surface area contributed by atoms with Crippen LogP contribution in [-0.4, -0.2) is 76.9 Å². The molecule has 1 aromatic carbocycles. The minimum Gasteiger partial charge on any atom is -0.339 e. The second-order valence-electron chi connectivity index (χ2n) is 12.5. The van der Waals surface area contributed by atoms with Gasteiger partial charge in [-0.2, -0.15) is 0 Å². The van der Waals surface area contributed by atoms with E-state index in [9.17, 15) is 14.0 Å². The number of aryl methyl sites for hydroxylation is 1. The number of halogens is 1. The van der Waals surface area contributed by atoms with Crippen LogP contribution in [0.5, 0.6) is 0 Å². The van der Waals surface area contributed by atoms with Crippen molar-refractivity contribution >= 4 is 38.4 Å². The Balaban J connectivity index is 1.36. The van der Waals surface area contributed by atoms with Gasteiger partial charge in [-0.25, -0.2) is 9.38 Å². The van der Waals surface area contributed by atoms with Gasteiger partial charge in [-0.05, 0) is 100 Å². The van der Waals surface area contributed by atoms with E-state index in [1.807, 2.05) is 74.4 Å². The molecule has 0 spiro atoms. The monoisotopic (exact) mass is 658 g/mol. The number of rotatable bonds is 9. The van der Waals surface area contributed by atoms with Gasteiger partial charge in [0.05, 0.1) is 0 Å². The van der Waals surface area contributed by atoms with Gasteiger partial charge in [0.25, 0.3) is 5.91 Å². The number of likely N-dealkylation sites (tertiary alicyclic amines) is 1. The van der Waals surface area contributed by atoms with Crippen molar-refractivity contribution in [1.29, 1.82) is 0 Å². The van der Waals surface area contributed by atoms with Crippen molar-refractivity contribution in [3.05, 3.63) is 94.9 Å². The highest BCUT2D eigenvalue weighted by Gasteiger charge is 2.26. The Hall–Kier alpha value is -3.97. The summed E-state index contributed by atoms with van der Waals surface area (Å²) < 4.78 is 13.9. The first-order chi connectivity index (χ1) is 22.5. The maximum atomic E-state index is 13.9. The summed E-state index contributed by atoms with van der Waals surface area (Å²) in [5.74, 6) is 0.831.